The lowest BCUT2D eigenvalue weighted by Gasteiger charge is -2.15. The summed E-state index contributed by atoms with van der Waals surface area (Å²) >= 11 is 7.16. The van der Waals surface area contributed by atoms with Crippen molar-refractivity contribution in [1.82, 2.24) is 10.3 Å². The Kier molecular flexibility index (Phi) is 9.84. The number of aromatic nitrogens is 1. The Morgan fingerprint density at radius 1 is 0.891 bits per heavy atom. The van der Waals surface area contributed by atoms with Crippen LogP contribution in [0, 0.1) is 0 Å². The summed E-state index contributed by atoms with van der Waals surface area (Å²) in [7, 11) is 0. The lowest BCUT2D eigenvalue weighted by molar-refractivity contribution is -0.137. The number of para-hydroxylation sites is 1. The average Bonchev–Trinajstić information content (AvgIpc) is 3.44. The molecule has 0 aliphatic carbocycles. The molecule has 234 valence electrons. The van der Waals surface area contributed by atoms with E-state index in [1.54, 1.807) is 73.8 Å². The van der Waals surface area contributed by atoms with Gasteiger partial charge in [-0.25, -0.2) is 0 Å². The van der Waals surface area contributed by atoms with Crippen LogP contribution in [0.15, 0.2) is 114 Å². The SMILES string of the molecule is CC(Sc1cccc(NC(=O)/C(=C/c2c[nH]c3ccccc23)NC(=O)c2ccccc2)c1)C(=O)Nc1cc(C(F)(F)F)ccc1Cl. The number of benzene rings is 4. The summed E-state index contributed by atoms with van der Waals surface area (Å²) in [6, 6.07) is 25.4. The Morgan fingerprint density at radius 3 is 2.39 bits per heavy atom. The van der Waals surface area contributed by atoms with E-state index < -0.39 is 34.7 Å². The van der Waals surface area contributed by atoms with Gasteiger partial charge in [-0.15, -0.1) is 11.8 Å². The largest absolute Gasteiger partial charge is 0.416 e. The summed E-state index contributed by atoms with van der Waals surface area (Å²) < 4.78 is 39.4. The van der Waals surface area contributed by atoms with E-state index in [1.807, 2.05) is 24.3 Å². The quantitative estimate of drug-likeness (QED) is 0.0941. The topological polar surface area (TPSA) is 103 Å². The zero-order chi connectivity index (χ0) is 32.8. The van der Waals surface area contributed by atoms with Crippen LogP contribution >= 0.6 is 23.4 Å². The molecule has 0 aliphatic heterocycles. The van der Waals surface area contributed by atoms with Crippen LogP contribution in [0.25, 0.3) is 17.0 Å². The van der Waals surface area contributed by atoms with Crippen LogP contribution in [0.1, 0.15) is 28.4 Å². The molecule has 1 atom stereocenters. The van der Waals surface area contributed by atoms with Crippen molar-refractivity contribution < 1.29 is 27.6 Å². The third-order valence-electron chi connectivity index (χ3n) is 6.78. The molecule has 1 heterocycles. The second kappa shape index (κ2) is 14.0. The standard InChI is InChI=1S/C34H26ClF3N4O3S/c1-20(31(43)41-29-17-23(34(36,37)38)14-15-27(29)35)46-25-11-7-10-24(18-25)40-33(45)30(42-32(44)21-8-3-2-4-9-21)16-22-19-39-28-13-6-5-12-26(22)28/h2-20,39H,1H3,(H,40,45)(H,41,43)(H,42,44)/b30-16-. The van der Waals surface area contributed by atoms with Gasteiger partial charge in [-0.1, -0.05) is 54.1 Å². The number of rotatable bonds is 9. The van der Waals surface area contributed by atoms with Gasteiger partial charge in [0.25, 0.3) is 11.8 Å². The molecular weight excluding hydrogens is 637 g/mol. The van der Waals surface area contributed by atoms with Gasteiger partial charge in [0, 0.05) is 38.8 Å². The van der Waals surface area contributed by atoms with E-state index in [-0.39, 0.29) is 16.4 Å². The number of hydrogen-bond donors (Lipinski definition) is 4. The number of aromatic amines is 1. The Morgan fingerprint density at radius 2 is 1.63 bits per heavy atom. The number of H-pyrrole nitrogens is 1. The number of alkyl halides is 3. The molecule has 1 aromatic heterocycles. The summed E-state index contributed by atoms with van der Waals surface area (Å²) in [6.07, 6.45) is -1.27. The van der Waals surface area contributed by atoms with E-state index >= 15 is 0 Å². The first kappa shape index (κ1) is 32.4. The van der Waals surface area contributed by atoms with Gasteiger partial charge in [0.1, 0.15) is 5.70 Å². The van der Waals surface area contributed by atoms with Gasteiger partial charge < -0.3 is 20.9 Å². The van der Waals surface area contributed by atoms with Crippen molar-refractivity contribution in [3.05, 3.63) is 131 Å². The zero-order valence-corrected chi connectivity index (χ0v) is 25.7. The maximum atomic E-state index is 13.5. The molecule has 5 rings (SSSR count). The Bertz CT molecular complexity index is 1940. The highest BCUT2D eigenvalue weighted by molar-refractivity contribution is 8.00. The van der Waals surface area contributed by atoms with Crippen molar-refractivity contribution in [3.8, 4) is 0 Å². The molecule has 4 aromatic carbocycles. The number of halogens is 4. The molecule has 0 saturated carbocycles. The predicted molar refractivity (Wildman–Crippen MR) is 176 cm³/mol. The van der Waals surface area contributed by atoms with Gasteiger partial charge >= 0.3 is 6.18 Å². The summed E-state index contributed by atoms with van der Waals surface area (Å²) in [6.45, 7) is 1.59. The number of amides is 3. The minimum Gasteiger partial charge on any atom is -0.361 e. The van der Waals surface area contributed by atoms with Crippen LogP contribution in [0.2, 0.25) is 5.02 Å². The molecule has 0 spiro atoms. The van der Waals surface area contributed by atoms with E-state index in [9.17, 15) is 27.6 Å². The van der Waals surface area contributed by atoms with Gasteiger partial charge in [0.05, 0.1) is 21.5 Å². The van der Waals surface area contributed by atoms with Crippen LogP contribution in [0.5, 0.6) is 0 Å². The highest BCUT2D eigenvalue weighted by Crippen LogP contribution is 2.34. The molecule has 0 bridgehead atoms. The summed E-state index contributed by atoms with van der Waals surface area (Å²) in [5, 5.41) is 8.07. The van der Waals surface area contributed by atoms with Gasteiger partial charge in [-0.05, 0) is 67.6 Å². The fourth-order valence-electron chi connectivity index (χ4n) is 4.45. The third kappa shape index (κ3) is 7.98. The molecule has 46 heavy (non-hydrogen) atoms. The number of thioether (sulfide) groups is 1. The first-order valence-corrected chi connectivity index (χ1v) is 15.1. The molecule has 5 aromatic rings. The minimum absolute atomic E-state index is 0.00220. The predicted octanol–water partition coefficient (Wildman–Crippen LogP) is 8.37. The zero-order valence-electron chi connectivity index (χ0n) is 24.1. The molecule has 12 heteroatoms. The Balaban J connectivity index is 1.32. The maximum absolute atomic E-state index is 13.5. The van der Waals surface area contributed by atoms with Gasteiger partial charge in [0.15, 0.2) is 0 Å². The highest BCUT2D eigenvalue weighted by atomic mass is 35.5. The monoisotopic (exact) mass is 662 g/mol. The van der Waals surface area contributed by atoms with Gasteiger partial charge in [-0.3, -0.25) is 14.4 Å². The highest BCUT2D eigenvalue weighted by Gasteiger charge is 2.31. The number of anilines is 2. The van der Waals surface area contributed by atoms with Crippen LogP contribution in [0.4, 0.5) is 24.5 Å². The van der Waals surface area contributed by atoms with Crippen LogP contribution in [0.3, 0.4) is 0 Å². The van der Waals surface area contributed by atoms with E-state index in [2.05, 4.69) is 20.9 Å². The molecule has 4 N–H and O–H groups in total. The second-order valence-corrected chi connectivity index (χ2v) is 11.9. The number of carbonyl (C=O) groups excluding carboxylic acids is 3. The molecule has 0 saturated heterocycles. The van der Waals surface area contributed by atoms with E-state index in [0.29, 0.717) is 21.7 Å². The molecule has 7 nitrogen and oxygen atoms in total. The van der Waals surface area contributed by atoms with Crippen molar-refractivity contribution in [2.45, 2.75) is 23.2 Å². The molecular formula is C34H26ClF3N4O3S. The van der Waals surface area contributed by atoms with Crippen LogP contribution in [-0.2, 0) is 15.8 Å². The van der Waals surface area contributed by atoms with Crippen LogP contribution < -0.4 is 16.0 Å². The fraction of sp³-hybridized carbons (Fsp3) is 0.0882. The Labute approximate surface area is 271 Å². The maximum Gasteiger partial charge on any atom is 0.416 e. The van der Waals surface area contributed by atoms with Crippen molar-refractivity contribution in [1.29, 1.82) is 0 Å². The first-order valence-electron chi connectivity index (χ1n) is 13.9. The smallest absolute Gasteiger partial charge is 0.361 e. The first-order chi connectivity index (χ1) is 22.0. The number of carbonyl (C=O) groups is 3. The molecule has 0 radical (unpaired) electrons. The number of hydrogen-bond acceptors (Lipinski definition) is 4. The van der Waals surface area contributed by atoms with Crippen molar-refractivity contribution in [3.63, 3.8) is 0 Å². The molecule has 0 fully saturated rings. The summed E-state index contributed by atoms with van der Waals surface area (Å²) in [5.41, 5.74) is 1.23. The number of fused-ring (bicyclic) bond motifs is 1. The van der Waals surface area contributed by atoms with Crippen molar-refractivity contribution in [2.24, 2.45) is 0 Å². The average molecular weight is 663 g/mol. The molecule has 0 aliphatic rings. The molecule has 1 unspecified atom stereocenters. The molecule has 3 amide bonds. The van der Waals surface area contributed by atoms with E-state index in [1.165, 1.54) is 0 Å². The third-order valence-corrected chi connectivity index (χ3v) is 8.20. The normalized spacial score (nSPS) is 12.4. The summed E-state index contributed by atoms with van der Waals surface area (Å²) in [4.78, 5) is 43.2. The van der Waals surface area contributed by atoms with E-state index in [0.717, 1.165) is 40.9 Å². The fourth-order valence-corrected chi connectivity index (χ4v) is 5.54. The van der Waals surface area contributed by atoms with Crippen molar-refractivity contribution in [2.75, 3.05) is 10.6 Å². The Hall–Kier alpha value is -5.00. The second-order valence-electron chi connectivity index (χ2n) is 10.1. The number of nitrogens with one attached hydrogen (secondary N) is 4. The lowest BCUT2D eigenvalue weighted by Crippen LogP contribution is -2.30. The van der Waals surface area contributed by atoms with Gasteiger partial charge in [-0.2, -0.15) is 13.2 Å². The van der Waals surface area contributed by atoms with E-state index in [4.69, 9.17) is 11.6 Å². The van der Waals surface area contributed by atoms with Crippen molar-refractivity contribution >= 4 is 69.4 Å². The lowest BCUT2D eigenvalue weighted by atomic mass is 10.1. The minimum atomic E-state index is -4.59. The van der Waals surface area contributed by atoms with Gasteiger partial charge in [0.2, 0.25) is 5.91 Å². The summed E-state index contributed by atoms with van der Waals surface area (Å²) in [5.74, 6) is -1.61. The van der Waals surface area contributed by atoms with Crippen LogP contribution in [-0.4, -0.2) is 28.0 Å².